The van der Waals surface area contributed by atoms with Crippen molar-refractivity contribution < 1.29 is 27.0 Å². The van der Waals surface area contributed by atoms with Crippen LogP contribution in [0.15, 0.2) is 0 Å². The van der Waals surface area contributed by atoms with Gasteiger partial charge in [-0.3, -0.25) is 0 Å². The van der Waals surface area contributed by atoms with Crippen molar-refractivity contribution in [3.05, 3.63) is 0 Å². The molecule has 1 N–H and O–H groups in total. The molecule has 7 heteroatoms. The quantitative estimate of drug-likeness (QED) is 0.746. The van der Waals surface area contributed by atoms with E-state index in [9.17, 15) is 17.2 Å². The Bertz CT molecular complexity index is 337. The van der Waals surface area contributed by atoms with Crippen molar-refractivity contribution in [2.75, 3.05) is 24.7 Å². The van der Waals surface area contributed by atoms with Crippen LogP contribution >= 0.6 is 0 Å². The first-order chi connectivity index (χ1) is 8.21. The van der Waals surface area contributed by atoms with Crippen LogP contribution in [0.4, 0.5) is 8.78 Å². The molecule has 18 heavy (non-hydrogen) atoms. The fourth-order valence-corrected chi connectivity index (χ4v) is 3.41. The molecule has 0 aromatic rings. The molecule has 4 nitrogen and oxygen atoms in total. The average Bonchev–Trinajstić information content (AvgIpc) is 2.24. The van der Waals surface area contributed by atoms with Crippen LogP contribution in [0, 0.1) is 5.92 Å². The maximum Gasteiger partial charge on any atom is 0.272 e. The summed E-state index contributed by atoms with van der Waals surface area (Å²) in [6.45, 7) is 0.527. The summed E-state index contributed by atoms with van der Waals surface area (Å²) in [5, 5.41) is 9.04. The predicted molar refractivity (Wildman–Crippen MR) is 63.4 cm³/mol. The van der Waals surface area contributed by atoms with Gasteiger partial charge in [0.2, 0.25) is 0 Å². The van der Waals surface area contributed by atoms with Gasteiger partial charge in [0.1, 0.15) is 15.9 Å². The van der Waals surface area contributed by atoms with Gasteiger partial charge in [-0.25, -0.2) is 17.2 Å². The van der Waals surface area contributed by atoms with E-state index in [1.165, 1.54) is 0 Å². The van der Waals surface area contributed by atoms with Crippen LogP contribution in [0.3, 0.4) is 0 Å². The second-order valence-corrected chi connectivity index (χ2v) is 7.23. The molecule has 0 aromatic carbocycles. The molecule has 1 heterocycles. The molecule has 1 fully saturated rings. The highest BCUT2D eigenvalue weighted by atomic mass is 32.2. The zero-order valence-electron chi connectivity index (χ0n) is 10.4. The average molecular weight is 286 g/mol. The maximum atomic E-state index is 12.6. The van der Waals surface area contributed by atoms with Gasteiger partial charge in [0.05, 0.1) is 18.1 Å². The zero-order chi connectivity index (χ0) is 13.8. The van der Waals surface area contributed by atoms with Gasteiger partial charge in [-0.05, 0) is 25.2 Å². The van der Waals surface area contributed by atoms with Crippen LogP contribution in [0.1, 0.15) is 26.2 Å². The Labute approximate surface area is 106 Å². The Morgan fingerprint density at radius 1 is 1.39 bits per heavy atom. The fourth-order valence-electron chi connectivity index (χ4n) is 1.82. The summed E-state index contributed by atoms with van der Waals surface area (Å²) in [4.78, 5) is 0. The van der Waals surface area contributed by atoms with Crippen molar-refractivity contribution in [3.63, 3.8) is 0 Å². The van der Waals surface area contributed by atoms with Crippen LogP contribution in [0.2, 0.25) is 0 Å². The Hall–Kier alpha value is -0.270. The van der Waals surface area contributed by atoms with E-state index in [4.69, 9.17) is 9.84 Å². The third kappa shape index (κ3) is 5.58. The van der Waals surface area contributed by atoms with E-state index >= 15 is 0 Å². The minimum atomic E-state index is -3.15. The number of aliphatic hydroxyl groups is 1. The standard InChI is InChI=1S/C11H20F2O4S/c1-11(12,13)10(14)8-17-5-2-9-3-6-18(15,16)7-4-9/h9-10,14H,2-8H2,1H3. The van der Waals surface area contributed by atoms with E-state index in [1.807, 2.05) is 0 Å². The summed E-state index contributed by atoms with van der Waals surface area (Å²) in [5.41, 5.74) is 0. The smallest absolute Gasteiger partial charge is 0.272 e. The molecule has 1 atom stereocenters. The molecule has 0 amide bonds. The van der Waals surface area contributed by atoms with E-state index < -0.39 is 28.5 Å². The Morgan fingerprint density at radius 2 is 1.94 bits per heavy atom. The molecule has 1 rings (SSSR count). The highest BCUT2D eigenvalue weighted by Gasteiger charge is 2.32. The predicted octanol–water partition coefficient (Wildman–Crippen LogP) is 1.23. The van der Waals surface area contributed by atoms with E-state index in [1.54, 1.807) is 0 Å². The van der Waals surface area contributed by atoms with Crippen LogP contribution < -0.4 is 0 Å². The monoisotopic (exact) mass is 286 g/mol. The molecule has 0 radical (unpaired) electrons. The summed E-state index contributed by atoms with van der Waals surface area (Å²) in [5.74, 6) is -2.48. The number of ether oxygens (including phenoxy) is 1. The first kappa shape index (κ1) is 15.8. The Balaban J connectivity index is 2.13. The van der Waals surface area contributed by atoms with E-state index in [0.717, 1.165) is 0 Å². The van der Waals surface area contributed by atoms with Crippen molar-refractivity contribution in [1.82, 2.24) is 0 Å². The molecule has 1 aliphatic rings. The summed E-state index contributed by atoms with van der Waals surface area (Å²) in [6, 6.07) is 0. The van der Waals surface area contributed by atoms with Crippen molar-refractivity contribution in [2.24, 2.45) is 5.92 Å². The fraction of sp³-hybridized carbons (Fsp3) is 1.00. The van der Waals surface area contributed by atoms with Gasteiger partial charge >= 0.3 is 0 Å². The van der Waals surface area contributed by atoms with Crippen LogP contribution in [-0.2, 0) is 14.6 Å². The zero-order valence-corrected chi connectivity index (χ0v) is 11.3. The molecule has 0 saturated carbocycles. The topological polar surface area (TPSA) is 63.6 Å². The molecule has 0 aliphatic carbocycles. The van der Waals surface area contributed by atoms with E-state index in [0.29, 0.717) is 26.2 Å². The van der Waals surface area contributed by atoms with Gasteiger partial charge in [0.25, 0.3) is 5.92 Å². The van der Waals surface area contributed by atoms with Gasteiger partial charge in [-0.2, -0.15) is 0 Å². The largest absolute Gasteiger partial charge is 0.384 e. The third-order valence-corrected chi connectivity index (χ3v) is 4.92. The van der Waals surface area contributed by atoms with Crippen LogP contribution in [0.25, 0.3) is 0 Å². The lowest BCUT2D eigenvalue weighted by molar-refractivity contribution is -0.122. The number of hydrogen-bond acceptors (Lipinski definition) is 4. The van der Waals surface area contributed by atoms with Crippen molar-refractivity contribution in [2.45, 2.75) is 38.2 Å². The van der Waals surface area contributed by atoms with Gasteiger partial charge in [0.15, 0.2) is 0 Å². The van der Waals surface area contributed by atoms with E-state index in [-0.39, 0.29) is 24.0 Å². The highest BCUT2D eigenvalue weighted by Crippen LogP contribution is 2.22. The molecule has 1 unspecified atom stereocenters. The molecule has 0 bridgehead atoms. The van der Waals surface area contributed by atoms with Gasteiger partial charge in [-0.1, -0.05) is 0 Å². The summed E-state index contributed by atoms with van der Waals surface area (Å²) >= 11 is 0. The minimum absolute atomic E-state index is 0.202. The molecule has 0 aromatic heterocycles. The van der Waals surface area contributed by atoms with Gasteiger partial charge in [0, 0.05) is 13.5 Å². The summed E-state index contributed by atoms with van der Waals surface area (Å²) < 4.78 is 52.5. The Morgan fingerprint density at radius 3 is 2.44 bits per heavy atom. The molecule has 1 saturated heterocycles. The SMILES string of the molecule is CC(F)(F)C(O)COCCC1CCS(=O)(=O)CC1. The third-order valence-electron chi connectivity index (χ3n) is 3.21. The second kappa shape index (κ2) is 6.25. The second-order valence-electron chi connectivity index (χ2n) is 4.93. The molecular weight excluding hydrogens is 266 g/mol. The first-order valence-corrected chi connectivity index (χ1v) is 7.87. The van der Waals surface area contributed by atoms with Crippen LogP contribution in [0.5, 0.6) is 0 Å². The lowest BCUT2D eigenvalue weighted by Gasteiger charge is -2.22. The number of rotatable bonds is 6. The molecular formula is C11H20F2O4S. The number of aliphatic hydroxyl groups excluding tert-OH is 1. The maximum absolute atomic E-state index is 12.6. The lowest BCUT2D eigenvalue weighted by Crippen LogP contribution is -2.34. The summed E-state index contributed by atoms with van der Waals surface area (Å²) in [6.07, 6.45) is 0.0812. The highest BCUT2D eigenvalue weighted by molar-refractivity contribution is 7.91. The van der Waals surface area contributed by atoms with Gasteiger partial charge < -0.3 is 9.84 Å². The van der Waals surface area contributed by atoms with E-state index in [2.05, 4.69) is 0 Å². The number of sulfone groups is 1. The molecule has 108 valence electrons. The van der Waals surface area contributed by atoms with Gasteiger partial charge in [-0.15, -0.1) is 0 Å². The first-order valence-electron chi connectivity index (χ1n) is 6.05. The number of hydrogen-bond donors (Lipinski definition) is 1. The van der Waals surface area contributed by atoms with Crippen LogP contribution in [-0.4, -0.2) is 50.3 Å². The number of alkyl halides is 2. The Kier molecular flexibility index (Phi) is 5.48. The normalized spacial score (nSPS) is 22.9. The van der Waals surface area contributed by atoms with Crippen molar-refractivity contribution in [3.8, 4) is 0 Å². The minimum Gasteiger partial charge on any atom is -0.384 e. The summed E-state index contributed by atoms with van der Waals surface area (Å²) in [7, 11) is -2.86. The molecule has 1 aliphatic heterocycles. The molecule has 0 spiro atoms. The lowest BCUT2D eigenvalue weighted by atomic mass is 10.00. The van der Waals surface area contributed by atoms with Crippen molar-refractivity contribution in [1.29, 1.82) is 0 Å². The van der Waals surface area contributed by atoms with Crippen molar-refractivity contribution >= 4 is 9.84 Å². The number of halogens is 2.